The largest absolute Gasteiger partial charge is 0.496 e. The molecule has 0 aliphatic heterocycles. The molecule has 1 aromatic heterocycles. The lowest BCUT2D eigenvalue weighted by atomic mass is 9.92. The van der Waals surface area contributed by atoms with Crippen molar-refractivity contribution in [3.8, 4) is 11.5 Å². The third-order valence-electron chi connectivity index (χ3n) is 6.38. The Morgan fingerprint density at radius 1 is 1.00 bits per heavy atom. The maximum absolute atomic E-state index is 13.4. The van der Waals surface area contributed by atoms with E-state index in [2.05, 4.69) is 10.3 Å². The number of nitrogens with one attached hydrogen (secondary N) is 2. The van der Waals surface area contributed by atoms with E-state index in [1.807, 2.05) is 54.7 Å². The number of nitrogens with two attached hydrogens (primary N) is 1. The molecular formula is C29H29Cl2N3O4. The van der Waals surface area contributed by atoms with Crippen LogP contribution in [0.3, 0.4) is 0 Å². The molecule has 0 bridgehead atoms. The number of ketones is 1. The molecule has 0 aliphatic carbocycles. The number of halogens is 2. The van der Waals surface area contributed by atoms with E-state index in [1.54, 1.807) is 25.3 Å². The quantitative estimate of drug-likeness (QED) is 0.206. The van der Waals surface area contributed by atoms with Gasteiger partial charge in [-0.15, -0.1) is 0 Å². The van der Waals surface area contributed by atoms with Gasteiger partial charge in [-0.05, 0) is 48.2 Å². The van der Waals surface area contributed by atoms with E-state index in [-0.39, 0.29) is 24.7 Å². The predicted octanol–water partition coefficient (Wildman–Crippen LogP) is 5.32. The number of aryl methyl sites for hydroxylation is 1. The zero-order valence-electron chi connectivity index (χ0n) is 20.9. The number of hydrogen-bond acceptors (Lipinski definition) is 5. The number of para-hydroxylation sites is 2. The van der Waals surface area contributed by atoms with Crippen LogP contribution in [0.2, 0.25) is 10.0 Å². The van der Waals surface area contributed by atoms with Crippen molar-refractivity contribution in [3.05, 3.63) is 94.1 Å². The summed E-state index contributed by atoms with van der Waals surface area (Å²) in [5.41, 5.74) is 9.23. The molecule has 0 saturated heterocycles. The fourth-order valence-electron chi connectivity index (χ4n) is 4.32. The van der Waals surface area contributed by atoms with Crippen LogP contribution in [0, 0.1) is 5.92 Å². The predicted molar refractivity (Wildman–Crippen MR) is 150 cm³/mol. The Kier molecular flexibility index (Phi) is 9.29. The maximum atomic E-state index is 13.4. The molecule has 9 heteroatoms. The molecular weight excluding hydrogens is 525 g/mol. The summed E-state index contributed by atoms with van der Waals surface area (Å²) in [5, 5.41) is 4.52. The Labute approximate surface area is 231 Å². The van der Waals surface area contributed by atoms with Crippen molar-refractivity contribution in [1.82, 2.24) is 10.3 Å². The van der Waals surface area contributed by atoms with Gasteiger partial charge >= 0.3 is 0 Å². The molecule has 0 saturated carbocycles. The van der Waals surface area contributed by atoms with Gasteiger partial charge in [-0.3, -0.25) is 9.59 Å². The first-order valence-corrected chi connectivity index (χ1v) is 12.9. The van der Waals surface area contributed by atoms with E-state index in [0.717, 1.165) is 27.8 Å². The molecule has 4 aromatic rings. The lowest BCUT2D eigenvalue weighted by molar-refractivity contribution is -0.127. The highest BCUT2D eigenvalue weighted by atomic mass is 35.5. The molecule has 0 radical (unpaired) electrons. The van der Waals surface area contributed by atoms with Gasteiger partial charge in [0.15, 0.2) is 5.78 Å². The van der Waals surface area contributed by atoms with Crippen LogP contribution in [-0.4, -0.2) is 36.6 Å². The van der Waals surface area contributed by atoms with Crippen molar-refractivity contribution in [2.45, 2.75) is 25.4 Å². The fraction of sp³-hybridized carbons (Fsp3) is 0.241. The van der Waals surface area contributed by atoms with Crippen molar-refractivity contribution < 1.29 is 19.1 Å². The average Bonchev–Trinajstić information content (AvgIpc) is 3.34. The highest BCUT2D eigenvalue weighted by molar-refractivity contribution is 6.42. The molecule has 1 heterocycles. The zero-order valence-corrected chi connectivity index (χ0v) is 22.4. The third-order valence-corrected chi connectivity index (χ3v) is 7.11. The first-order valence-electron chi connectivity index (χ1n) is 12.2. The van der Waals surface area contributed by atoms with Crippen LogP contribution < -0.4 is 20.5 Å². The summed E-state index contributed by atoms with van der Waals surface area (Å²) in [6.45, 7) is -0.240. The van der Waals surface area contributed by atoms with Gasteiger partial charge in [0.25, 0.3) is 0 Å². The van der Waals surface area contributed by atoms with Gasteiger partial charge in [0.2, 0.25) is 5.91 Å². The Bertz CT molecular complexity index is 1420. The molecule has 1 unspecified atom stereocenters. The van der Waals surface area contributed by atoms with E-state index in [4.69, 9.17) is 38.4 Å². The van der Waals surface area contributed by atoms with Gasteiger partial charge in [-0.2, -0.15) is 0 Å². The van der Waals surface area contributed by atoms with Crippen LogP contribution in [0.5, 0.6) is 11.5 Å². The number of rotatable bonds is 12. The minimum Gasteiger partial charge on any atom is -0.496 e. The third kappa shape index (κ3) is 6.86. The maximum Gasteiger partial charge on any atom is 0.221 e. The monoisotopic (exact) mass is 553 g/mol. The lowest BCUT2D eigenvalue weighted by Gasteiger charge is -2.24. The van der Waals surface area contributed by atoms with E-state index < -0.39 is 12.1 Å². The zero-order chi connectivity index (χ0) is 27.1. The van der Waals surface area contributed by atoms with Crippen molar-refractivity contribution in [3.63, 3.8) is 0 Å². The summed E-state index contributed by atoms with van der Waals surface area (Å²) in [5.74, 6) is -0.110. The molecule has 198 valence electrons. The number of aromatic amines is 1. The van der Waals surface area contributed by atoms with Crippen LogP contribution in [0.1, 0.15) is 17.5 Å². The minimum absolute atomic E-state index is 0.196. The number of H-pyrrole nitrogens is 1. The van der Waals surface area contributed by atoms with E-state index in [0.29, 0.717) is 28.6 Å². The second-order valence-corrected chi connectivity index (χ2v) is 9.72. The van der Waals surface area contributed by atoms with E-state index >= 15 is 0 Å². The van der Waals surface area contributed by atoms with Gasteiger partial charge in [0, 0.05) is 29.6 Å². The van der Waals surface area contributed by atoms with Gasteiger partial charge in [-0.25, -0.2) is 0 Å². The molecule has 0 fully saturated rings. The number of ether oxygens (including phenoxy) is 2. The summed E-state index contributed by atoms with van der Waals surface area (Å²) >= 11 is 12.0. The number of aromatic nitrogens is 1. The van der Waals surface area contributed by atoms with Crippen LogP contribution in [0.25, 0.3) is 10.9 Å². The number of Topliss-reactive ketones (excluding diaryl/α,β-unsaturated/α-hetero) is 1. The molecule has 0 spiro atoms. The average molecular weight is 554 g/mol. The van der Waals surface area contributed by atoms with Crippen molar-refractivity contribution in [1.29, 1.82) is 0 Å². The van der Waals surface area contributed by atoms with Crippen molar-refractivity contribution >= 4 is 45.8 Å². The number of methoxy groups -OCH3 is 1. The molecule has 1 amide bonds. The van der Waals surface area contributed by atoms with Crippen LogP contribution >= 0.6 is 23.2 Å². The van der Waals surface area contributed by atoms with Gasteiger partial charge in [-0.1, -0.05) is 59.6 Å². The van der Waals surface area contributed by atoms with E-state index in [1.165, 1.54) is 0 Å². The van der Waals surface area contributed by atoms with Crippen LogP contribution in [-0.2, 0) is 22.4 Å². The van der Waals surface area contributed by atoms with Crippen molar-refractivity contribution in [2.75, 3.05) is 13.7 Å². The van der Waals surface area contributed by atoms with Gasteiger partial charge in [0.1, 0.15) is 18.1 Å². The van der Waals surface area contributed by atoms with Crippen LogP contribution in [0.15, 0.2) is 72.9 Å². The lowest BCUT2D eigenvalue weighted by Crippen LogP contribution is -2.51. The Balaban J connectivity index is 1.46. The summed E-state index contributed by atoms with van der Waals surface area (Å²) in [6, 6.07) is 20.1. The smallest absolute Gasteiger partial charge is 0.221 e. The number of amides is 1. The molecule has 0 aliphatic rings. The Morgan fingerprint density at radius 2 is 1.76 bits per heavy atom. The summed E-state index contributed by atoms with van der Waals surface area (Å²) in [4.78, 5) is 29.4. The Morgan fingerprint density at radius 3 is 2.55 bits per heavy atom. The van der Waals surface area contributed by atoms with E-state index in [9.17, 15) is 9.59 Å². The second kappa shape index (κ2) is 12.8. The van der Waals surface area contributed by atoms with Crippen LogP contribution in [0.4, 0.5) is 0 Å². The first-order chi connectivity index (χ1) is 18.4. The molecule has 4 N–H and O–H groups in total. The molecule has 4 rings (SSSR count). The summed E-state index contributed by atoms with van der Waals surface area (Å²) < 4.78 is 11.1. The number of benzene rings is 3. The Hall–Kier alpha value is -3.52. The topological polar surface area (TPSA) is 106 Å². The number of hydrogen-bond donors (Lipinski definition) is 3. The molecule has 38 heavy (non-hydrogen) atoms. The summed E-state index contributed by atoms with van der Waals surface area (Å²) in [6.07, 6.45) is 1.94. The van der Waals surface area contributed by atoms with Gasteiger partial charge < -0.3 is 25.5 Å². The SMILES string of the molecule is COc1ccccc1CCC(=O)N[C@@H](N)C(Cc1c[nH]c2ccccc12)C(=O)COc1ccc(Cl)c(Cl)c1. The molecule has 3 aromatic carbocycles. The van der Waals surface area contributed by atoms with Gasteiger partial charge in [0.05, 0.1) is 29.2 Å². The fourth-order valence-corrected chi connectivity index (χ4v) is 4.61. The molecule has 7 nitrogen and oxygen atoms in total. The minimum atomic E-state index is -0.918. The number of fused-ring (bicyclic) bond motifs is 1. The highest BCUT2D eigenvalue weighted by Crippen LogP contribution is 2.27. The number of carbonyl (C=O) groups excluding carboxylic acids is 2. The second-order valence-electron chi connectivity index (χ2n) is 8.91. The first kappa shape index (κ1) is 27.5. The summed E-state index contributed by atoms with van der Waals surface area (Å²) in [7, 11) is 1.59. The molecule has 2 atom stereocenters. The number of carbonyl (C=O) groups is 2. The normalized spacial score (nSPS) is 12.6. The standard InChI is InChI=1S/C29H29Cl2N3O4/c1-37-27-9-5-2-6-18(27)10-13-28(36)34-29(32)22(14-19-16-33-25-8-4-3-7-21(19)25)26(35)17-38-20-11-12-23(30)24(31)15-20/h2-9,11-12,15-16,22,29,33H,10,13-14,17,32H2,1H3,(H,34,36)/t22?,29-/m1/s1. The highest BCUT2D eigenvalue weighted by Gasteiger charge is 2.28. The van der Waals surface area contributed by atoms with Crippen molar-refractivity contribution in [2.24, 2.45) is 11.7 Å².